The molecule has 0 saturated heterocycles. The molecule has 0 amide bonds. The molecular weight excluding hydrogens is 839 g/mol. The Morgan fingerprint density at radius 2 is 0.761 bits per heavy atom. The molecule has 9 heteroatoms. The summed E-state index contributed by atoms with van der Waals surface area (Å²) >= 11 is 0. The van der Waals surface area contributed by atoms with Gasteiger partial charge in [-0.05, 0) is 64.2 Å². The van der Waals surface area contributed by atoms with Crippen molar-refractivity contribution in [3.8, 4) is 0 Å². The Morgan fingerprint density at radius 3 is 1.10 bits per heavy atom. The van der Waals surface area contributed by atoms with E-state index in [0.717, 1.165) is 38.5 Å². The van der Waals surface area contributed by atoms with Crippen LogP contribution in [0.3, 0.4) is 0 Å². The highest BCUT2D eigenvalue weighted by atomic mass is 16.7. The van der Waals surface area contributed by atoms with Crippen LogP contribution in [0, 0.1) is 0 Å². The number of carbonyl (C=O) groups is 3. The molecule has 0 aromatic heterocycles. The second-order valence-corrected chi connectivity index (χ2v) is 20.6. The van der Waals surface area contributed by atoms with E-state index < -0.39 is 24.3 Å². The van der Waals surface area contributed by atoms with E-state index in [0.29, 0.717) is 17.4 Å². The van der Waals surface area contributed by atoms with E-state index in [2.05, 4.69) is 38.2 Å². The zero-order valence-electron chi connectivity index (χ0n) is 44.8. The number of carboxylic acids is 1. The summed E-state index contributed by atoms with van der Waals surface area (Å²) in [5.41, 5.74) is 0. The first-order chi connectivity index (χ1) is 32.6. The molecule has 0 saturated carbocycles. The van der Waals surface area contributed by atoms with Gasteiger partial charge in [0.2, 0.25) is 0 Å². The van der Waals surface area contributed by atoms with Crippen molar-refractivity contribution in [3.63, 3.8) is 0 Å². The molecule has 0 spiro atoms. The van der Waals surface area contributed by atoms with Gasteiger partial charge in [-0.15, -0.1) is 0 Å². The highest BCUT2D eigenvalue weighted by Crippen LogP contribution is 2.16. The van der Waals surface area contributed by atoms with E-state index in [1.165, 1.54) is 205 Å². The lowest BCUT2D eigenvalue weighted by Crippen LogP contribution is -2.40. The van der Waals surface area contributed by atoms with E-state index in [1.807, 2.05) is 21.1 Å². The normalized spacial score (nSPS) is 12.9. The first-order valence-electron chi connectivity index (χ1n) is 28.5. The average Bonchev–Trinajstić information content (AvgIpc) is 3.29. The van der Waals surface area contributed by atoms with Crippen LogP contribution in [-0.2, 0) is 33.3 Å². The monoisotopic (exact) mass is 949 g/mol. The maximum absolute atomic E-state index is 12.9. The summed E-state index contributed by atoms with van der Waals surface area (Å²) < 4.78 is 22.9. The van der Waals surface area contributed by atoms with Crippen molar-refractivity contribution in [1.29, 1.82) is 0 Å². The molecule has 0 aromatic carbocycles. The minimum Gasteiger partial charge on any atom is -0.477 e. The average molecular weight is 950 g/mol. The second-order valence-electron chi connectivity index (χ2n) is 20.6. The van der Waals surface area contributed by atoms with Crippen LogP contribution >= 0.6 is 0 Å². The van der Waals surface area contributed by atoms with Crippen molar-refractivity contribution in [2.45, 2.75) is 283 Å². The summed E-state index contributed by atoms with van der Waals surface area (Å²) in [6.45, 7) is 4.91. The third kappa shape index (κ3) is 51.4. The minimum atomic E-state index is -1.51. The van der Waals surface area contributed by atoms with Gasteiger partial charge in [0.05, 0.1) is 34.4 Å². The van der Waals surface area contributed by atoms with Crippen molar-refractivity contribution in [2.24, 2.45) is 0 Å². The predicted octanol–water partition coefficient (Wildman–Crippen LogP) is 16.3. The summed E-state index contributed by atoms with van der Waals surface area (Å²) in [4.78, 5) is 37.4. The number of carbonyl (C=O) groups excluding carboxylic acids is 2. The van der Waals surface area contributed by atoms with E-state index in [-0.39, 0.29) is 32.2 Å². The van der Waals surface area contributed by atoms with Crippen LogP contribution in [0.2, 0.25) is 0 Å². The Hall–Kier alpha value is -2.23. The van der Waals surface area contributed by atoms with Crippen LogP contribution in [0.5, 0.6) is 0 Å². The van der Waals surface area contributed by atoms with Gasteiger partial charge in [0.15, 0.2) is 6.10 Å². The van der Waals surface area contributed by atoms with Crippen LogP contribution < -0.4 is 0 Å². The fourth-order valence-corrected chi connectivity index (χ4v) is 8.24. The van der Waals surface area contributed by atoms with Gasteiger partial charge in [0, 0.05) is 12.8 Å². The van der Waals surface area contributed by atoms with Gasteiger partial charge >= 0.3 is 17.9 Å². The van der Waals surface area contributed by atoms with Crippen molar-refractivity contribution in [3.05, 3.63) is 24.3 Å². The van der Waals surface area contributed by atoms with Gasteiger partial charge in [-0.1, -0.05) is 218 Å². The van der Waals surface area contributed by atoms with Gasteiger partial charge in [-0.25, -0.2) is 4.79 Å². The summed E-state index contributed by atoms with van der Waals surface area (Å²) in [5, 5.41) is 9.69. The van der Waals surface area contributed by atoms with Gasteiger partial charge in [-0.3, -0.25) is 9.59 Å². The van der Waals surface area contributed by atoms with Gasteiger partial charge in [0.25, 0.3) is 6.29 Å². The fourth-order valence-electron chi connectivity index (χ4n) is 8.24. The number of allylic oxidation sites excluding steroid dienone is 4. The molecule has 0 heterocycles. The van der Waals surface area contributed by atoms with Crippen molar-refractivity contribution in [1.82, 2.24) is 0 Å². The first-order valence-corrected chi connectivity index (χ1v) is 28.5. The van der Waals surface area contributed by atoms with E-state index in [1.54, 1.807) is 0 Å². The molecule has 0 aliphatic heterocycles. The first kappa shape index (κ1) is 64.8. The molecule has 1 N–H and O–H groups in total. The van der Waals surface area contributed by atoms with Crippen LogP contribution in [-0.4, -0.2) is 87.4 Å². The van der Waals surface area contributed by atoms with Crippen LogP contribution in [0.15, 0.2) is 24.3 Å². The van der Waals surface area contributed by atoms with Crippen LogP contribution in [0.1, 0.15) is 271 Å². The molecule has 2 unspecified atom stereocenters. The fraction of sp³-hybridized carbons (Fsp3) is 0.879. The molecule has 0 fully saturated rings. The lowest BCUT2D eigenvalue weighted by molar-refractivity contribution is -0.870. The largest absolute Gasteiger partial charge is 0.477 e. The van der Waals surface area contributed by atoms with Crippen molar-refractivity contribution in [2.75, 3.05) is 47.5 Å². The Bertz CT molecular complexity index is 1150. The molecule has 394 valence electrons. The number of aliphatic carboxylic acids is 1. The second kappa shape index (κ2) is 50.2. The van der Waals surface area contributed by atoms with Crippen molar-refractivity contribution < 1.29 is 42.9 Å². The Labute approximate surface area is 414 Å². The number of quaternary nitrogens is 1. The Morgan fingerprint density at radius 1 is 0.433 bits per heavy atom. The summed E-state index contributed by atoms with van der Waals surface area (Å²) in [6, 6.07) is 0. The molecule has 9 nitrogen and oxygen atoms in total. The van der Waals surface area contributed by atoms with Gasteiger partial charge in [0.1, 0.15) is 13.2 Å². The van der Waals surface area contributed by atoms with E-state index in [4.69, 9.17) is 18.9 Å². The van der Waals surface area contributed by atoms with Gasteiger partial charge < -0.3 is 28.5 Å². The standard InChI is InChI=1S/C58H109NO8/c1-6-8-10-12-14-16-18-20-22-24-26-27-28-29-31-33-35-37-39-41-43-45-47-49-56(61)67-54(53-66-58(57(62)63)64-51-50-59(3,4)5)52-65-55(60)48-46-44-42-40-38-36-34-32-30-25-23-21-19-17-15-13-11-9-7-2/h21,23-24,26,54,58H,6-20,22,25,27-53H2,1-5H3/p+1/b23-21-,26-24-. The molecule has 0 bridgehead atoms. The number of hydrogen-bond donors (Lipinski definition) is 1. The lowest BCUT2D eigenvalue weighted by atomic mass is 10.0. The Balaban J connectivity index is 4.24. The number of hydrogen-bond acceptors (Lipinski definition) is 7. The SMILES string of the molecule is CCCCCCCC/C=C\CCCCCCCCCCCC(=O)OCC(COC(OCC[N+](C)(C)C)C(=O)O)OC(=O)CCCCCCCCCCCCC/C=C\CCCCCCCCCC. The number of rotatable bonds is 53. The predicted molar refractivity (Wildman–Crippen MR) is 281 cm³/mol. The third-order valence-electron chi connectivity index (χ3n) is 12.7. The zero-order chi connectivity index (χ0) is 49.2. The molecule has 2 atom stereocenters. The topological polar surface area (TPSA) is 108 Å². The Kier molecular flexibility index (Phi) is 48.5. The maximum atomic E-state index is 12.9. The highest BCUT2D eigenvalue weighted by molar-refractivity contribution is 5.71. The number of nitrogens with zero attached hydrogens (tertiary/aromatic N) is 1. The maximum Gasteiger partial charge on any atom is 0.361 e. The minimum absolute atomic E-state index is 0.179. The molecular formula is C58H110NO8+. The molecule has 0 aliphatic rings. The van der Waals surface area contributed by atoms with E-state index >= 15 is 0 Å². The molecule has 67 heavy (non-hydrogen) atoms. The van der Waals surface area contributed by atoms with Crippen molar-refractivity contribution >= 4 is 17.9 Å². The molecule has 0 aliphatic carbocycles. The number of ether oxygens (including phenoxy) is 4. The van der Waals surface area contributed by atoms with E-state index in [9.17, 15) is 19.5 Å². The smallest absolute Gasteiger partial charge is 0.361 e. The summed E-state index contributed by atoms with van der Waals surface area (Å²) in [5.74, 6) is -1.99. The number of esters is 2. The quantitative estimate of drug-likeness (QED) is 0.0211. The molecule has 0 radical (unpaired) electrons. The molecule has 0 aromatic rings. The summed E-state index contributed by atoms with van der Waals surface area (Å²) in [6.07, 6.45) is 55.3. The number of carboxylic acid groups (broad SMARTS) is 1. The highest BCUT2D eigenvalue weighted by Gasteiger charge is 2.25. The van der Waals surface area contributed by atoms with Crippen LogP contribution in [0.4, 0.5) is 0 Å². The molecule has 0 rings (SSSR count). The summed E-state index contributed by atoms with van der Waals surface area (Å²) in [7, 11) is 5.97. The zero-order valence-corrected chi connectivity index (χ0v) is 44.8. The van der Waals surface area contributed by atoms with Crippen LogP contribution in [0.25, 0.3) is 0 Å². The number of likely N-dealkylation sites (N-methyl/N-ethyl adjacent to an activating group) is 1. The third-order valence-corrected chi connectivity index (χ3v) is 12.7. The van der Waals surface area contributed by atoms with Gasteiger partial charge in [-0.2, -0.15) is 0 Å². The number of unbranched alkanes of at least 4 members (excludes halogenated alkanes) is 34. The lowest BCUT2D eigenvalue weighted by Gasteiger charge is -2.25.